The number of benzene rings is 1. The van der Waals surface area contributed by atoms with Gasteiger partial charge in [-0.25, -0.2) is 0 Å². The van der Waals surface area contributed by atoms with Crippen LogP contribution in [0.5, 0.6) is 0 Å². The molecule has 0 radical (unpaired) electrons. The molecule has 1 aromatic rings. The lowest BCUT2D eigenvalue weighted by Gasteiger charge is -2.36. The molecule has 20 heavy (non-hydrogen) atoms. The normalized spacial score (nSPS) is 21.6. The summed E-state index contributed by atoms with van der Waals surface area (Å²) < 4.78 is 0.998. The number of nitrogens with zero attached hydrogens (tertiary/aromatic N) is 1. The van der Waals surface area contributed by atoms with E-state index in [2.05, 4.69) is 20.8 Å². The second-order valence-electron chi connectivity index (χ2n) is 5.38. The first-order chi connectivity index (χ1) is 9.56. The molecule has 1 aliphatic rings. The van der Waals surface area contributed by atoms with Gasteiger partial charge in [-0.05, 0) is 37.1 Å². The number of rotatable bonds is 5. The van der Waals surface area contributed by atoms with Gasteiger partial charge < -0.3 is 10.8 Å². The zero-order valence-electron chi connectivity index (χ0n) is 11.5. The molecule has 1 amide bonds. The Hall–Kier alpha value is -0.910. The number of amides is 1. The Kier molecular flexibility index (Phi) is 5.57. The molecular weight excluding hydrogens is 320 g/mol. The second kappa shape index (κ2) is 7.20. The fourth-order valence-corrected chi connectivity index (χ4v) is 3.04. The molecule has 1 saturated heterocycles. The van der Waals surface area contributed by atoms with E-state index in [9.17, 15) is 9.90 Å². The fraction of sp³-hybridized carbons (Fsp3) is 0.533. The van der Waals surface area contributed by atoms with E-state index in [0.29, 0.717) is 13.0 Å². The van der Waals surface area contributed by atoms with E-state index in [1.165, 1.54) is 0 Å². The minimum atomic E-state index is -0.531. The summed E-state index contributed by atoms with van der Waals surface area (Å²) in [7, 11) is 0. The lowest BCUT2D eigenvalue weighted by Crippen LogP contribution is -2.43. The summed E-state index contributed by atoms with van der Waals surface area (Å²) in [6.45, 7) is 1.48. The monoisotopic (exact) mass is 340 g/mol. The molecular formula is C15H21BrN2O2. The zero-order chi connectivity index (χ0) is 14.5. The second-order valence-corrected chi connectivity index (χ2v) is 6.30. The number of β-amino-alcohol motifs (C(OH)–C–C–N with tert-alkyl or cyclic N) is 1. The number of hydrogen-bond donors (Lipinski definition) is 2. The van der Waals surface area contributed by atoms with Crippen LogP contribution in [-0.4, -0.2) is 35.0 Å². The molecule has 0 unspecified atom stereocenters. The summed E-state index contributed by atoms with van der Waals surface area (Å²) in [5, 5.41) is 10.3. The lowest BCUT2D eigenvalue weighted by molar-refractivity contribution is -0.119. The Morgan fingerprint density at radius 2 is 2.10 bits per heavy atom. The molecule has 0 saturated carbocycles. The number of primary amides is 1. The van der Waals surface area contributed by atoms with Crippen LogP contribution in [0, 0.1) is 0 Å². The van der Waals surface area contributed by atoms with E-state index in [1.807, 2.05) is 24.3 Å². The van der Waals surface area contributed by atoms with Gasteiger partial charge in [0.15, 0.2) is 0 Å². The van der Waals surface area contributed by atoms with Crippen LogP contribution in [0.1, 0.15) is 37.4 Å². The van der Waals surface area contributed by atoms with Gasteiger partial charge in [0.05, 0.1) is 6.10 Å². The molecule has 1 aromatic carbocycles. The smallest absolute Gasteiger partial charge is 0.218 e. The molecule has 2 rings (SSSR count). The number of carbonyl (C=O) groups excluding carboxylic acids is 1. The first-order valence-electron chi connectivity index (χ1n) is 7.02. The van der Waals surface area contributed by atoms with Gasteiger partial charge >= 0.3 is 0 Å². The Morgan fingerprint density at radius 1 is 1.40 bits per heavy atom. The highest BCUT2D eigenvalue weighted by molar-refractivity contribution is 9.10. The van der Waals surface area contributed by atoms with Gasteiger partial charge in [0.25, 0.3) is 0 Å². The highest BCUT2D eigenvalue weighted by atomic mass is 79.9. The van der Waals surface area contributed by atoms with Crippen molar-refractivity contribution in [2.45, 2.75) is 37.8 Å². The number of aliphatic hydroxyl groups is 1. The van der Waals surface area contributed by atoms with Crippen LogP contribution >= 0.6 is 15.9 Å². The molecule has 4 nitrogen and oxygen atoms in total. The van der Waals surface area contributed by atoms with Gasteiger partial charge in [-0.15, -0.1) is 0 Å². The van der Waals surface area contributed by atoms with Crippen molar-refractivity contribution in [1.29, 1.82) is 0 Å². The quantitative estimate of drug-likeness (QED) is 0.863. The number of hydrogen-bond acceptors (Lipinski definition) is 3. The summed E-state index contributed by atoms with van der Waals surface area (Å²) in [4.78, 5) is 13.3. The summed E-state index contributed by atoms with van der Waals surface area (Å²) in [5.41, 5.74) is 6.21. The molecule has 5 heteroatoms. The maximum absolute atomic E-state index is 11.1. The summed E-state index contributed by atoms with van der Waals surface area (Å²) in [5.74, 6) is -0.264. The topological polar surface area (TPSA) is 66.6 Å². The average molecular weight is 341 g/mol. The molecule has 0 spiro atoms. The van der Waals surface area contributed by atoms with Gasteiger partial charge in [-0.2, -0.15) is 0 Å². The number of likely N-dealkylation sites (tertiary alicyclic amines) is 1. The number of aliphatic hydroxyl groups excluding tert-OH is 1. The van der Waals surface area contributed by atoms with Gasteiger partial charge in [0.1, 0.15) is 0 Å². The molecule has 1 aliphatic heterocycles. The van der Waals surface area contributed by atoms with E-state index >= 15 is 0 Å². The number of nitrogens with two attached hydrogens (primary N) is 1. The van der Waals surface area contributed by atoms with Crippen molar-refractivity contribution >= 4 is 21.8 Å². The van der Waals surface area contributed by atoms with Crippen molar-refractivity contribution in [3.05, 3.63) is 34.3 Å². The largest absolute Gasteiger partial charge is 0.387 e. The van der Waals surface area contributed by atoms with E-state index in [-0.39, 0.29) is 11.9 Å². The van der Waals surface area contributed by atoms with Crippen molar-refractivity contribution in [3.63, 3.8) is 0 Å². The number of piperidine rings is 1. The summed E-state index contributed by atoms with van der Waals surface area (Å²) >= 11 is 3.39. The highest BCUT2D eigenvalue weighted by Crippen LogP contribution is 2.24. The number of carbonyl (C=O) groups is 1. The van der Waals surface area contributed by atoms with Gasteiger partial charge in [-0.1, -0.05) is 34.5 Å². The predicted octanol–water partition coefficient (Wildman–Crippen LogP) is 2.21. The van der Waals surface area contributed by atoms with E-state index in [4.69, 9.17) is 5.73 Å². The maximum atomic E-state index is 11.1. The Balaban J connectivity index is 1.98. The van der Waals surface area contributed by atoms with Crippen LogP contribution in [0.2, 0.25) is 0 Å². The van der Waals surface area contributed by atoms with Gasteiger partial charge in [0.2, 0.25) is 5.91 Å². The lowest BCUT2D eigenvalue weighted by atomic mass is 9.97. The van der Waals surface area contributed by atoms with Crippen LogP contribution < -0.4 is 5.73 Å². The van der Waals surface area contributed by atoms with E-state index in [0.717, 1.165) is 35.8 Å². The minimum Gasteiger partial charge on any atom is -0.387 e. The molecule has 3 N–H and O–H groups in total. The van der Waals surface area contributed by atoms with Crippen LogP contribution in [0.4, 0.5) is 0 Å². The van der Waals surface area contributed by atoms with Gasteiger partial charge in [-0.3, -0.25) is 9.69 Å². The Bertz CT molecular complexity index is 450. The number of halogens is 1. The SMILES string of the molecule is NC(=O)C[C@H]1CCCCN1C[C@@H](O)c1ccc(Br)cc1. The molecule has 1 fully saturated rings. The first kappa shape index (κ1) is 15.5. The Labute approximate surface area is 128 Å². The third kappa shape index (κ3) is 4.30. The summed E-state index contributed by atoms with van der Waals surface area (Å²) in [6.07, 6.45) is 3.07. The summed E-state index contributed by atoms with van der Waals surface area (Å²) in [6, 6.07) is 7.86. The molecule has 0 bridgehead atoms. The van der Waals surface area contributed by atoms with Crippen LogP contribution in [0.15, 0.2) is 28.7 Å². The van der Waals surface area contributed by atoms with Gasteiger partial charge in [0, 0.05) is 23.5 Å². The minimum absolute atomic E-state index is 0.173. The Morgan fingerprint density at radius 3 is 2.75 bits per heavy atom. The van der Waals surface area contributed by atoms with E-state index < -0.39 is 6.10 Å². The average Bonchev–Trinajstić information content (AvgIpc) is 2.41. The first-order valence-corrected chi connectivity index (χ1v) is 7.81. The molecule has 110 valence electrons. The van der Waals surface area contributed by atoms with Crippen molar-refractivity contribution in [2.24, 2.45) is 5.73 Å². The van der Waals surface area contributed by atoms with Crippen LogP contribution in [0.25, 0.3) is 0 Å². The van der Waals surface area contributed by atoms with Crippen molar-refractivity contribution in [3.8, 4) is 0 Å². The van der Waals surface area contributed by atoms with E-state index in [1.54, 1.807) is 0 Å². The highest BCUT2D eigenvalue weighted by Gasteiger charge is 2.25. The molecule has 2 atom stereocenters. The van der Waals surface area contributed by atoms with Crippen molar-refractivity contribution in [2.75, 3.05) is 13.1 Å². The third-order valence-electron chi connectivity index (χ3n) is 3.85. The van der Waals surface area contributed by atoms with Crippen molar-refractivity contribution in [1.82, 2.24) is 4.90 Å². The van der Waals surface area contributed by atoms with Crippen LogP contribution in [0.3, 0.4) is 0 Å². The van der Waals surface area contributed by atoms with Crippen molar-refractivity contribution < 1.29 is 9.90 Å². The van der Waals surface area contributed by atoms with Crippen LogP contribution in [-0.2, 0) is 4.79 Å². The maximum Gasteiger partial charge on any atom is 0.218 e. The standard InChI is InChI=1S/C15H21BrN2O2/c16-12-6-4-11(5-7-12)14(19)10-18-8-2-1-3-13(18)9-15(17)20/h4-7,13-14,19H,1-3,8-10H2,(H2,17,20)/t13-,14-/m1/s1. The molecule has 0 aliphatic carbocycles. The fourth-order valence-electron chi connectivity index (χ4n) is 2.78. The third-order valence-corrected chi connectivity index (χ3v) is 4.38. The molecule has 1 heterocycles. The zero-order valence-corrected chi connectivity index (χ0v) is 13.1. The predicted molar refractivity (Wildman–Crippen MR) is 82.1 cm³/mol. The molecule has 0 aromatic heterocycles.